The van der Waals surface area contributed by atoms with Gasteiger partial charge in [-0.2, -0.15) is 0 Å². The highest BCUT2D eigenvalue weighted by molar-refractivity contribution is 5.27. The van der Waals surface area contributed by atoms with Gasteiger partial charge < -0.3 is 15.3 Å². The summed E-state index contributed by atoms with van der Waals surface area (Å²) in [6.45, 7) is 11.1. The Balaban J connectivity index is 2.35. The van der Waals surface area contributed by atoms with Crippen molar-refractivity contribution in [3.05, 3.63) is 29.8 Å². The van der Waals surface area contributed by atoms with Gasteiger partial charge in [-0.05, 0) is 56.7 Å². The van der Waals surface area contributed by atoms with E-state index in [0.29, 0.717) is 11.8 Å². The van der Waals surface area contributed by atoms with Gasteiger partial charge in [-0.25, -0.2) is 0 Å². The lowest BCUT2D eigenvalue weighted by atomic mass is 10.0. The number of phenols is 1. The maximum Gasteiger partial charge on any atom is 0.115 e. The maximum absolute atomic E-state index is 9.31. The van der Waals surface area contributed by atoms with Crippen molar-refractivity contribution in [3.63, 3.8) is 0 Å². The summed E-state index contributed by atoms with van der Waals surface area (Å²) in [5, 5.41) is 12.9. The lowest BCUT2D eigenvalue weighted by Gasteiger charge is -2.20. The zero-order valence-corrected chi connectivity index (χ0v) is 12.5. The summed E-state index contributed by atoms with van der Waals surface area (Å²) in [5.41, 5.74) is 1.25. The van der Waals surface area contributed by atoms with Crippen LogP contribution in [0.15, 0.2) is 24.3 Å². The normalized spacial score (nSPS) is 12.8. The van der Waals surface area contributed by atoms with Gasteiger partial charge in [0.1, 0.15) is 5.75 Å². The van der Waals surface area contributed by atoms with Crippen LogP contribution in [0.5, 0.6) is 5.75 Å². The molecule has 3 heteroatoms. The summed E-state index contributed by atoms with van der Waals surface area (Å²) in [7, 11) is 0. The molecule has 108 valence electrons. The number of benzene rings is 1. The molecule has 0 fully saturated rings. The van der Waals surface area contributed by atoms with Crippen LogP contribution in [0.1, 0.15) is 45.2 Å². The van der Waals surface area contributed by atoms with E-state index in [9.17, 15) is 5.11 Å². The van der Waals surface area contributed by atoms with E-state index >= 15 is 0 Å². The van der Waals surface area contributed by atoms with Gasteiger partial charge in [-0.15, -0.1) is 0 Å². The number of hydrogen-bond acceptors (Lipinski definition) is 3. The minimum Gasteiger partial charge on any atom is -0.508 e. The van der Waals surface area contributed by atoms with Gasteiger partial charge >= 0.3 is 0 Å². The van der Waals surface area contributed by atoms with E-state index in [2.05, 4.69) is 31.0 Å². The molecular weight excluding hydrogens is 236 g/mol. The second-order valence-electron chi connectivity index (χ2n) is 4.89. The zero-order valence-electron chi connectivity index (χ0n) is 12.5. The topological polar surface area (TPSA) is 35.5 Å². The number of hydrogen-bond donors (Lipinski definition) is 2. The Labute approximate surface area is 117 Å². The third kappa shape index (κ3) is 5.62. The molecule has 0 aromatic heterocycles. The first-order chi connectivity index (χ1) is 9.21. The van der Waals surface area contributed by atoms with Crippen LogP contribution in [0.2, 0.25) is 0 Å². The molecule has 0 aliphatic heterocycles. The van der Waals surface area contributed by atoms with Crippen molar-refractivity contribution < 1.29 is 5.11 Å². The molecule has 0 aliphatic carbocycles. The molecule has 0 bridgehead atoms. The summed E-state index contributed by atoms with van der Waals surface area (Å²) >= 11 is 0. The number of aromatic hydroxyl groups is 1. The van der Waals surface area contributed by atoms with Gasteiger partial charge in [0.05, 0.1) is 0 Å². The highest BCUT2D eigenvalue weighted by Crippen LogP contribution is 2.19. The Morgan fingerprint density at radius 2 is 1.74 bits per heavy atom. The summed E-state index contributed by atoms with van der Waals surface area (Å²) in [6, 6.07) is 7.91. The molecular formula is C16H28N2O. The summed E-state index contributed by atoms with van der Waals surface area (Å²) < 4.78 is 0. The van der Waals surface area contributed by atoms with Crippen molar-refractivity contribution in [2.75, 3.05) is 26.2 Å². The van der Waals surface area contributed by atoms with Crippen LogP contribution in [-0.4, -0.2) is 36.2 Å². The average Bonchev–Trinajstić information content (AvgIpc) is 2.44. The molecule has 1 rings (SSSR count). The molecule has 0 saturated carbocycles. The fourth-order valence-corrected chi connectivity index (χ4v) is 2.32. The van der Waals surface area contributed by atoms with Crippen molar-refractivity contribution >= 4 is 0 Å². The summed E-state index contributed by atoms with van der Waals surface area (Å²) in [5.74, 6) is 0.333. The van der Waals surface area contributed by atoms with Crippen molar-refractivity contribution in [1.29, 1.82) is 0 Å². The van der Waals surface area contributed by atoms with E-state index in [0.717, 1.165) is 32.6 Å². The Morgan fingerprint density at radius 3 is 2.26 bits per heavy atom. The molecule has 3 nitrogen and oxygen atoms in total. The third-order valence-electron chi connectivity index (χ3n) is 3.64. The maximum atomic E-state index is 9.31. The van der Waals surface area contributed by atoms with Crippen LogP contribution in [0.3, 0.4) is 0 Å². The predicted octanol–water partition coefficient (Wildman–Crippen LogP) is 3.16. The van der Waals surface area contributed by atoms with Crippen LogP contribution in [0.4, 0.5) is 0 Å². The third-order valence-corrected chi connectivity index (χ3v) is 3.64. The Morgan fingerprint density at radius 1 is 1.11 bits per heavy atom. The van der Waals surface area contributed by atoms with Crippen molar-refractivity contribution in [3.8, 4) is 5.75 Å². The van der Waals surface area contributed by atoms with Gasteiger partial charge in [0.2, 0.25) is 0 Å². The van der Waals surface area contributed by atoms with Crippen LogP contribution < -0.4 is 5.32 Å². The van der Waals surface area contributed by atoms with Crippen LogP contribution >= 0.6 is 0 Å². The highest BCUT2D eigenvalue weighted by Gasteiger charge is 2.08. The molecule has 0 radical (unpaired) electrons. The first-order valence-corrected chi connectivity index (χ1v) is 7.45. The van der Waals surface area contributed by atoms with Gasteiger partial charge in [-0.3, -0.25) is 0 Å². The number of rotatable bonds is 9. The number of nitrogens with one attached hydrogen (secondary N) is 1. The second-order valence-corrected chi connectivity index (χ2v) is 4.89. The molecule has 2 N–H and O–H groups in total. The average molecular weight is 264 g/mol. The van der Waals surface area contributed by atoms with Gasteiger partial charge in [0, 0.05) is 6.04 Å². The quantitative estimate of drug-likeness (QED) is 0.673. The SMILES string of the molecule is CCC(NCCCN(CC)CC)c1ccc(O)cc1. The predicted molar refractivity (Wildman–Crippen MR) is 81.5 cm³/mol. The largest absolute Gasteiger partial charge is 0.508 e. The van der Waals surface area contributed by atoms with Crippen LogP contribution in [0.25, 0.3) is 0 Å². The molecule has 0 aliphatic rings. The molecule has 19 heavy (non-hydrogen) atoms. The molecule has 1 aromatic rings. The zero-order chi connectivity index (χ0) is 14.1. The lowest BCUT2D eigenvalue weighted by Crippen LogP contribution is -2.28. The first-order valence-electron chi connectivity index (χ1n) is 7.45. The number of nitrogens with zero attached hydrogens (tertiary/aromatic N) is 1. The molecule has 0 amide bonds. The smallest absolute Gasteiger partial charge is 0.115 e. The van der Waals surface area contributed by atoms with Crippen LogP contribution in [0, 0.1) is 0 Å². The van der Waals surface area contributed by atoms with Crippen molar-refractivity contribution in [2.45, 2.75) is 39.7 Å². The Bertz CT molecular complexity index is 333. The minimum absolute atomic E-state index is 0.333. The van der Waals surface area contributed by atoms with E-state index < -0.39 is 0 Å². The van der Waals surface area contributed by atoms with Crippen molar-refractivity contribution in [1.82, 2.24) is 10.2 Å². The van der Waals surface area contributed by atoms with Gasteiger partial charge in [0.25, 0.3) is 0 Å². The molecule has 1 aromatic carbocycles. The van der Waals surface area contributed by atoms with E-state index in [1.165, 1.54) is 12.0 Å². The summed E-state index contributed by atoms with van der Waals surface area (Å²) in [6.07, 6.45) is 2.24. The second kappa shape index (κ2) is 8.94. The molecule has 1 atom stereocenters. The van der Waals surface area contributed by atoms with E-state index in [4.69, 9.17) is 0 Å². The van der Waals surface area contributed by atoms with E-state index in [1.807, 2.05) is 12.1 Å². The lowest BCUT2D eigenvalue weighted by molar-refractivity contribution is 0.295. The number of phenolic OH excluding ortho intramolecular Hbond substituents is 1. The van der Waals surface area contributed by atoms with E-state index in [-0.39, 0.29) is 0 Å². The minimum atomic E-state index is 0.333. The monoisotopic (exact) mass is 264 g/mol. The molecule has 0 spiro atoms. The first kappa shape index (κ1) is 16.0. The highest BCUT2D eigenvalue weighted by atomic mass is 16.3. The standard InChI is InChI=1S/C16H28N2O/c1-4-16(14-8-10-15(19)11-9-14)17-12-7-13-18(5-2)6-3/h8-11,16-17,19H,4-7,12-13H2,1-3H3. The van der Waals surface area contributed by atoms with Gasteiger partial charge in [-0.1, -0.05) is 32.9 Å². The fraction of sp³-hybridized carbons (Fsp3) is 0.625. The Kier molecular flexibility index (Phi) is 7.53. The molecule has 0 heterocycles. The van der Waals surface area contributed by atoms with Crippen molar-refractivity contribution in [2.24, 2.45) is 0 Å². The fourth-order valence-electron chi connectivity index (χ4n) is 2.32. The molecule has 1 unspecified atom stereocenters. The summed E-state index contributed by atoms with van der Waals surface area (Å²) in [4.78, 5) is 2.45. The van der Waals surface area contributed by atoms with Crippen LogP contribution in [-0.2, 0) is 0 Å². The Hall–Kier alpha value is -1.06. The van der Waals surface area contributed by atoms with Gasteiger partial charge in [0.15, 0.2) is 0 Å². The molecule has 0 saturated heterocycles. The van der Waals surface area contributed by atoms with E-state index in [1.54, 1.807) is 12.1 Å².